The van der Waals surface area contributed by atoms with Gasteiger partial charge in [0, 0.05) is 6.42 Å². The molecular weight excluding hydrogens is 446 g/mol. The normalized spacial score (nSPS) is 13.8. The molecule has 0 radical (unpaired) electrons. The topological polar surface area (TPSA) is 69.6 Å². The lowest BCUT2D eigenvalue weighted by Gasteiger charge is -2.19. The lowest BCUT2D eigenvalue weighted by molar-refractivity contribution is -0.123. The minimum atomic E-state index is -0.862. The zero-order chi connectivity index (χ0) is 26.5. The first-order valence-electron chi connectivity index (χ1n) is 15.2. The molecule has 3 N–H and O–H groups in total. The number of carbonyl (C=O) groups excluding carboxylic acids is 1. The van der Waals surface area contributed by atoms with Gasteiger partial charge < -0.3 is 15.5 Å². The molecule has 0 saturated carbocycles. The first-order valence-corrected chi connectivity index (χ1v) is 15.2. The molecule has 0 heterocycles. The number of hydrogen-bond donors (Lipinski definition) is 3. The van der Waals surface area contributed by atoms with Crippen molar-refractivity contribution in [2.45, 2.75) is 154 Å². The van der Waals surface area contributed by atoms with Crippen LogP contribution in [0.15, 0.2) is 36.5 Å². The van der Waals surface area contributed by atoms with Crippen LogP contribution in [0.25, 0.3) is 0 Å². The molecule has 2 unspecified atom stereocenters. The second kappa shape index (κ2) is 28.2. The van der Waals surface area contributed by atoms with Crippen LogP contribution in [0, 0.1) is 0 Å². The molecule has 2 atom stereocenters. The molecule has 0 aliphatic rings. The maximum Gasteiger partial charge on any atom is 0.220 e. The Morgan fingerprint density at radius 3 is 1.61 bits per heavy atom. The highest BCUT2D eigenvalue weighted by atomic mass is 16.3. The Kier molecular flexibility index (Phi) is 27.1. The van der Waals surface area contributed by atoms with Crippen molar-refractivity contribution >= 4 is 5.91 Å². The summed E-state index contributed by atoms with van der Waals surface area (Å²) >= 11 is 0. The molecule has 0 aliphatic heterocycles. The van der Waals surface area contributed by atoms with E-state index < -0.39 is 12.1 Å². The summed E-state index contributed by atoms with van der Waals surface area (Å²) in [5, 5.41) is 22.5. The third-order valence-electron chi connectivity index (χ3n) is 6.60. The van der Waals surface area contributed by atoms with E-state index in [-0.39, 0.29) is 12.5 Å². The molecule has 210 valence electrons. The van der Waals surface area contributed by atoms with Crippen molar-refractivity contribution in [2.24, 2.45) is 0 Å². The van der Waals surface area contributed by atoms with E-state index in [0.717, 1.165) is 44.9 Å². The summed E-state index contributed by atoms with van der Waals surface area (Å²) in [6, 6.07) is -0.637. The van der Waals surface area contributed by atoms with Crippen LogP contribution < -0.4 is 5.32 Å². The molecule has 36 heavy (non-hydrogen) atoms. The summed E-state index contributed by atoms with van der Waals surface area (Å²) < 4.78 is 0. The van der Waals surface area contributed by atoms with E-state index in [1.807, 2.05) is 6.08 Å². The molecule has 4 nitrogen and oxygen atoms in total. The number of rotatable bonds is 26. The summed E-state index contributed by atoms with van der Waals surface area (Å²) in [5.41, 5.74) is 0. The first kappa shape index (κ1) is 34.6. The van der Waals surface area contributed by atoms with Gasteiger partial charge in [0.15, 0.2) is 0 Å². The van der Waals surface area contributed by atoms with Crippen molar-refractivity contribution in [3.8, 4) is 0 Å². The van der Waals surface area contributed by atoms with E-state index in [1.165, 1.54) is 77.0 Å². The maximum atomic E-state index is 12.0. The summed E-state index contributed by atoms with van der Waals surface area (Å²) in [4.78, 5) is 12.0. The van der Waals surface area contributed by atoms with Crippen molar-refractivity contribution in [1.29, 1.82) is 0 Å². The fourth-order valence-electron chi connectivity index (χ4n) is 4.21. The van der Waals surface area contributed by atoms with Gasteiger partial charge in [-0.15, -0.1) is 0 Å². The minimum absolute atomic E-state index is 0.0943. The molecule has 0 fully saturated rings. The van der Waals surface area contributed by atoms with Crippen LogP contribution in [0.3, 0.4) is 0 Å². The number of hydrogen-bond acceptors (Lipinski definition) is 3. The Bertz CT molecular complexity index is 556. The molecular formula is C32H59NO3. The third kappa shape index (κ3) is 24.3. The smallest absolute Gasteiger partial charge is 0.220 e. The zero-order valence-corrected chi connectivity index (χ0v) is 23.8. The number of nitrogens with one attached hydrogen (secondary N) is 1. The highest BCUT2D eigenvalue weighted by molar-refractivity contribution is 5.76. The van der Waals surface area contributed by atoms with E-state index in [4.69, 9.17) is 0 Å². The zero-order valence-electron chi connectivity index (χ0n) is 23.8. The highest BCUT2D eigenvalue weighted by Crippen LogP contribution is 2.11. The summed E-state index contributed by atoms with van der Waals surface area (Å²) in [7, 11) is 0. The van der Waals surface area contributed by atoms with Gasteiger partial charge in [0.2, 0.25) is 5.91 Å². The summed E-state index contributed by atoms with van der Waals surface area (Å²) in [6.45, 7) is 4.18. The van der Waals surface area contributed by atoms with Crippen LogP contribution in [0.2, 0.25) is 0 Å². The largest absolute Gasteiger partial charge is 0.394 e. The minimum Gasteiger partial charge on any atom is -0.394 e. The van der Waals surface area contributed by atoms with Crippen molar-refractivity contribution in [3.05, 3.63) is 36.5 Å². The lowest BCUT2D eigenvalue weighted by Crippen LogP contribution is -2.45. The van der Waals surface area contributed by atoms with Crippen LogP contribution in [-0.2, 0) is 4.79 Å². The van der Waals surface area contributed by atoms with Gasteiger partial charge in [0.05, 0.1) is 18.8 Å². The van der Waals surface area contributed by atoms with E-state index >= 15 is 0 Å². The number of allylic oxidation sites excluding steroid dienone is 5. The van der Waals surface area contributed by atoms with E-state index in [2.05, 4.69) is 43.5 Å². The monoisotopic (exact) mass is 505 g/mol. The van der Waals surface area contributed by atoms with Gasteiger partial charge in [0.1, 0.15) is 0 Å². The Hall–Kier alpha value is -1.39. The van der Waals surface area contributed by atoms with Gasteiger partial charge in [-0.1, -0.05) is 127 Å². The highest BCUT2D eigenvalue weighted by Gasteiger charge is 2.17. The molecule has 0 aromatic heterocycles. The van der Waals surface area contributed by atoms with Gasteiger partial charge in [-0.05, 0) is 44.9 Å². The van der Waals surface area contributed by atoms with E-state index in [0.29, 0.717) is 6.42 Å². The Morgan fingerprint density at radius 2 is 1.08 bits per heavy atom. The predicted octanol–water partition coefficient (Wildman–Crippen LogP) is 8.33. The molecule has 0 aromatic rings. The van der Waals surface area contributed by atoms with Crippen LogP contribution in [0.5, 0.6) is 0 Å². The van der Waals surface area contributed by atoms with E-state index in [1.54, 1.807) is 6.08 Å². The van der Waals surface area contributed by atoms with Gasteiger partial charge >= 0.3 is 0 Å². The van der Waals surface area contributed by atoms with Gasteiger partial charge in [0.25, 0.3) is 0 Å². The predicted molar refractivity (Wildman–Crippen MR) is 156 cm³/mol. The second-order valence-corrected chi connectivity index (χ2v) is 10.2. The first-order chi connectivity index (χ1) is 17.7. The molecule has 0 saturated heterocycles. The Balaban J connectivity index is 3.71. The summed E-state index contributed by atoms with van der Waals surface area (Å²) in [6.07, 6.45) is 35.3. The van der Waals surface area contributed by atoms with Crippen LogP contribution in [-0.4, -0.2) is 34.9 Å². The van der Waals surface area contributed by atoms with Crippen LogP contribution in [0.1, 0.15) is 142 Å². The average molecular weight is 506 g/mol. The molecule has 0 rings (SSSR count). The van der Waals surface area contributed by atoms with Crippen LogP contribution in [0.4, 0.5) is 0 Å². The average Bonchev–Trinajstić information content (AvgIpc) is 2.88. The number of aliphatic hydroxyl groups excluding tert-OH is 2. The number of unbranched alkanes of at least 4 members (excludes halogenated alkanes) is 15. The standard InChI is InChI=1S/C32H59NO3/c1-3-5-7-9-10-11-12-13-14-15-16-17-18-19-20-21-22-24-25-27-31(35)30(29-34)33-32(36)28-26-23-8-6-4-2/h16-17,20-21,25,27,30-31,34-35H,3-15,18-19,22-24,26,28-29H2,1-2H3,(H,33,36)/b17-16+,21-20+,27-25+. The fourth-order valence-corrected chi connectivity index (χ4v) is 4.21. The fraction of sp³-hybridized carbons (Fsp3) is 0.781. The number of amides is 1. The van der Waals surface area contributed by atoms with Crippen molar-refractivity contribution in [2.75, 3.05) is 6.61 Å². The molecule has 1 amide bonds. The number of aliphatic hydroxyl groups is 2. The van der Waals surface area contributed by atoms with Crippen LogP contribution >= 0.6 is 0 Å². The van der Waals surface area contributed by atoms with E-state index in [9.17, 15) is 15.0 Å². The summed E-state index contributed by atoms with van der Waals surface area (Å²) in [5.74, 6) is -0.0943. The lowest BCUT2D eigenvalue weighted by atomic mass is 10.1. The van der Waals surface area contributed by atoms with Gasteiger partial charge in [-0.25, -0.2) is 0 Å². The molecule has 0 bridgehead atoms. The van der Waals surface area contributed by atoms with Crippen molar-refractivity contribution < 1.29 is 15.0 Å². The number of carbonyl (C=O) groups is 1. The SMILES string of the molecule is CCCCCCCCCCC/C=C/CC/C=C/CC/C=C/C(O)C(CO)NC(=O)CCCCCCC. The molecule has 4 heteroatoms. The molecule has 0 aromatic carbocycles. The third-order valence-corrected chi connectivity index (χ3v) is 6.60. The van der Waals surface area contributed by atoms with Gasteiger partial charge in [-0.3, -0.25) is 4.79 Å². The van der Waals surface area contributed by atoms with Gasteiger partial charge in [-0.2, -0.15) is 0 Å². The Morgan fingerprint density at radius 1 is 0.639 bits per heavy atom. The second-order valence-electron chi connectivity index (χ2n) is 10.2. The molecule has 0 aliphatic carbocycles. The molecule has 0 spiro atoms. The van der Waals surface area contributed by atoms with Crippen molar-refractivity contribution in [3.63, 3.8) is 0 Å². The van der Waals surface area contributed by atoms with Crippen molar-refractivity contribution in [1.82, 2.24) is 5.32 Å². The maximum absolute atomic E-state index is 12.0. The Labute approximate surface area is 223 Å². The quantitative estimate of drug-likeness (QED) is 0.0817.